The van der Waals surface area contributed by atoms with Gasteiger partial charge in [-0.3, -0.25) is 4.55 Å². The molecule has 4 N–H and O–H groups in total. The maximum absolute atomic E-state index is 9.19. The summed E-state index contributed by atoms with van der Waals surface area (Å²) in [5.74, 6) is 1.83. The fourth-order valence-electron chi connectivity index (χ4n) is 6.60. The Morgan fingerprint density at radius 3 is 1.15 bits per heavy atom. The average Bonchev–Trinajstić information content (AvgIpc) is 3.25. The van der Waals surface area contributed by atoms with E-state index in [0.29, 0.717) is 6.26 Å². The second kappa shape index (κ2) is 20.5. The second-order valence-corrected chi connectivity index (χ2v) is 19.1. The predicted octanol–water partition coefficient (Wildman–Crippen LogP) is 9.49. The van der Waals surface area contributed by atoms with E-state index in [0.717, 1.165) is 34.1 Å². The minimum Gasteiger partial charge on any atom is -0.452 e. The van der Waals surface area contributed by atoms with E-state index in [4.69, 9.17) is 15.0 Å². The zero-order valence-electron chi connectivity index (χ0n) is 32.1. The van der Waals surface area contributed by atoms with E-state index in [-0.39, 0.29) is 20.4 Å². The molecule has 1 aliphatic heterocycles. The van der Waals surface area contributed by atoms with Crippen molar-refractivity contribution in [2.24, 2.45) is 0 Å². The molecule has 0 atom stereocenters. The summed E-state index contributed by atoms with van der Waals surface area (Å²) < 4.78 is 32.9. The van der Waals surface area contributed by atoms with E-state index in [1.165, 1.54) is 37.4 Å². The monoisotopic (exact) mass is 922 g/mol. The van der Waals surface area contributed by atoms with Crippen molar-refractivity contribution in [3.8, 4) is 22.6 Å². The summed E-state index contributed by atoms with van der Waals surface area (Å²) >= 11 is 0. The van der Waals surface area contributed by atoms with Gasteiger partial charge in [-0.1, -0.05) is 182 Å². The van der Waals surface area contributed by atoms with Crippen molar-refractivity contribution in [1.29, 1.82) is 0 Å². The van der Waals surface area contributed by atoms with Crippen LogP contribution in [0.1, 0.15) is 0 Å². The van der Waals surface area contributed by atoms with E-state index in [1.807, 2.05) is 42.5 Å². The predicted molar refractivity (Wildman–Crippen MR) is 247 cm³/mol. The molecule has 8 aromatic rings. The molecule has 0 fully saturated rings. The fraction of sp³-hybridized carbons (Fsp3) is 0.0204. The SMILES string of the molecule is CS(=O)(=O)O.Nc1ccccc1-c1ccccc1.[Pd].c1ccc(P(c2ccccc2)c2cccc3c2Oc2c(cccc2P(c2ccccc2)c2ccccc2)N3)cc1. The number of hydrogen-bond donors (Lipinski definition) is 3. The van der Waals surface area contributed by atoms with Gasteiger partial charge in [0.2, 0.25) is 0 Å². The zero-order chi connectivity index (χ0) is 40.3. The molecule has 0 saturated heterocycles. The summed E-state index contributed by atoms with van der Waals surface area (Å²) in [6, 6.07) is 74.3. The van der Waals surface area contributed by atoms with Crippen LogP contribution in [-0.4, -0.2) is 19.2 Å². The first-order chi connectivity index (χ1) is 28.2. The van der Waals surface area contributed by atoms with Crippen molar-refractivity contribution in [1.82, 2.24) is 0 Å². The van der Waals surface area contributed by atoms with Crippen LogP contribution in [0.15, 0.2) is 212 Å². The van der Waals surface area contributed by atoms with Crippen LogP contribution in [0.5, 0.6) is 11.5 Å². The minimum atomic E-state index is -3.67. The van der Waals surface area contributed by atoms with E-state index in [1.54, 1.807) is 0 Å². The molecule has 1 heterocycles. The van der Waals surface area contributed by atoms with Crippen LogP contribution in [0.25, 0.3) is 11.1 Å². The second-order valence-electron chi connectivity index (χ2n) is 13.2. The third-order valence-corrected chi connectivity index (χ3v) is 14.0. The van der Waals surface area contributed by atoms with E-state index in [2.05, 4.69) is 175 Å². The smallest absolute Gasteiger partial charge is 0.261 e. The van der Waals surface area contributed by atoms with Gasteiger partial charge in [0.15, 0.2) is 11.5 Å². The molecule has 0 aromatic heterocycles. The van der Waals surface area contributed by atoms with Crippen molar-refractivity contribution in [2.45, 2.75) is 0 Å². The number of benzene rings is 8. The van der Waals surface area contributed by atoms with Gasteiger partial charge >= 0.3 is 0 Å². The Morgan fingerprint density at radius 2 is 0.797 bits per heavy atom. The molecular formula is C49H42N2O4P2PdS. The first-order valence-electron chi connectivity index (χ1n) is 18.6. The number of para-hydroxylation sites is 3. The molecule has 0 aliphatic carbocycles. The molecule has 8 aromatic carbocycles. The molecule has 0 radical (unpaired) electrons. The van der Waals surface area contributed by atoms with Crippen LogP contribution in [0, 0.1) is 0 Å². The Bertz CT molecular complexity index is 2460. The normalized spacial score (nSPS) is 11.2. The molecule has 10 heteroatoms. The van der Waals surface area contributed by atoms with Gasteiger partial charge in [0.05, 0.1) is 17.6 Å². The molecule has 0 bridgehead atoms. The number of fused-ring (bicyclic) bond motifs is 2. The van der Waals surface area contributed by atoms with Gasteiger partial charge in [0.1, 0.15) is 0 Å². The topological polar surface area (TPSA) is 102 Å². The Balaban J connectivity index is 0.000000256. The first-order valence-corrected chi connectivity index (χ1v) is 23.1. The van der Waals surface area contributed by atoms with E-state index >= 15 is 0 Å². The van der Waals surface area contributed by atoms with Crippen LogP contribution in [-0.2, 0) is 30.5 Å². The molecule has 59 heavy (non-hydrogen) atoms. The molecule has 6 nitrogen and oxygen atoms in total. The summed E-state index contributed by atoms with van der Waals surface area (Å²) in [6.07, 6.45) is 0.715. The zero-order valence-corrected chi connectivity index (χ0v) is 36.2. The van der Waals surface area contributed by atoms with Gasteiger partial charge in [0, 0.05) is 42.3 Å². The molecule has 0 unspecified atom stereocenters. The van der Waals surface area contributed by atoms with Crippen LogP contribution in [0.4, 0.5) is 17.1 Å². The van der Waals surface area contributed by atoms with Crippen LogP contribution >= 0.6 is 15.8 Å². The number of anilines is 3. The van der Waals surface area contributed by atoms with Gasteiger partial charge in [-0.25, -0.2) is 0 Å². The third kappa shape index (κ3) is 11.2. The maximum atomic E-state index is 9.19. The van der Waals surface area contributed by atoms with Crippen LogP contribution < -0.4 is 47.6 Å². The largest absolute Gasteiger partial charge is 0.452 e. The number of nitrogen functional groups attached to an aromatic ring is 1. The van der Waals surface area contributed by atoms with Gasteiger partial charge in [-0.05, 0) is 73.0 Å². The van der Waals surface area contributed by atoms with Crippen molar-refractivity contribution in [2.75, 3.05) is 17.3 Å². The maximum Gasteiger partial charge on any atom is 0.261 e. The fourth-order valence-corrected chi connectivity index (χ4v) is 11.4. The molecule has 0 amide bonds. The van der Waals surface area contributed by atoms with Gasteiger partial charge in [-0.2, -0.15) is 8.42 Å². The van der Waals surface area contributed by atoms with Crippen LogP contribution in [0.3, 0.4) is 0 Å². The van der Waals surface area contributed by atoms with Gasteiger partial charge in [0.25, 0.3) is 10.1 Å². The number of nitrogens with one attached hydrogen (secondary N) is 1. The molecule has 1 aliphatic rings. The summed E-state index contributed by atoms with van der Waals surface area (Å²) in [4.78, 5) is 0. The molecule has 0 saturated carbocycles. The Labute approximate surface area is 363 Å². The van der Waals surface area contributed by atoms with E-state index in [9.17, 15) is 8.42 Å². The number of rotatable bonds is 7. The number of ether oxygens (including phenoxy) is 1. The Kier molecular flexibility index (Phi) is 15.0. The van der Waals surface area contributed by atoms with Crippen molar-refractivity contribution in [3.05, 3.63) is 212 Å². The first kappa shape index (κ1) is 43.2. The molecule has 298 valence electrons. The summed E-state index contributed by atoms with van der Waals surface area (Å²) in [5.41, 5.74) is 11.0. The molecular weight excluding hydrogens is 881 g/mol. The number of nitrogens with two attached hydrogens (primary N) is 1. The number of hydrogen-bond acceptors (Lipinski definition) is 5. The summed E-state index contributed by atoms with van der Waals surface area (Å²) in [5, 5.41) is 11.4. The average molecular weight is 923 g/mol. The Morgan fingerprint density at radius 1 is 0.475 bits per heavy atom. The minimum absolute atomic E-state index is 0. The van der Waals surface area contributed by atoms with Crippen molar-refractivity contribution >= 4 is 74.9 Å². The van der Waals surface area contributed by atoms with Crippen molar-refractivity contribution < 1.29 is 38.1 Å². The van der Waals surface area contributed by atoms with E-state index < -0.39 is 26.0 Å². The van der Waals surface area contributed by atoms with Crippen LogP contribution in [0.2, 0.25) is 0 Å². The summed E-state index contributed by atoms with van der Waals surface area (Å²) in [6.45, 7) is 0. The standard InChI is InChI=1S/C36H27NOP2.C12H11N.CH4O3S.Pd/c1-5-15-27(16-6-1)39(28-17-7-2-8-18-28)33-25-13-23-31-35(33)38-36-32(37-31)24-14-26-34(36)40(29-19-9-3-10-20-29)30-21-11-4-12-22-30;13-12-9-5-4-8-11(12)10-6-2-1-3-7-10;1-5(2,3)4;/h1-26,37H;1-9H,13H2;1H3,(H,2,3,4);. The third-order valence-electron chi connectivity index (χ3n) is 9.05. The quantitative estimate of drug-likeness (QED) is 0.0638. The van der Waals surface area contributed by atoms with Gasteiger partial charge < -0.3 is 15.8 Å². The Hall–Kier alpha value is -5.41. The van der Waals surface area contributed by atoms with Gasteiger partial charge in [-0.15, -0.1) is 0 Å². The summed E-state index contributed by atoms with van der Waals surface area (Å²) in [7, 11) is -5.31. The van der Waals surface area contributed by atoms with Crippen molar-refractivity contribution in [3.63, 3.8) is 0 Å². The molecule has 9 rings (SSSR count). The molecule has 0 spiro atoms.